The summed E-state index contributed by atoms with van der Waals surface area (Å²) >= 11 is 0. The van der Waals surface area contributed by atoms with Gasteiger partial charge in [0, 0.05) is 79.6 Å². The molecule has 15 unspecified atom stereocenters. The first-order valence-electron chi connectivity index (χ1n) is 39.8. The van der Waals surface area contributed by atoms with Crippen LogP contribution in [-0.4, -0.2) is 244 Å². The van der Waals surface area contributed by atoms with Crippen LogP contribution in [0.3, 0.4) is 0 Å². The molecule has 0 fully saturated rings. The Hall–Kier alpha value is -13.4. The van der Waals surface area contributed by atoms with E-state index in [9.17, 15) is 117 Å². The number of fused-ring (bicyclic) bond motifs is 2. The molecule has 0 aliphatic heterocycles. The second kappa shape index (κ2) is 48.3. The zero-order valence-corrected chi connectivity index (χ0v) is 70.0. The van der Waals surface area contributed by atoms with E-state index in [0.29, 0.717) is 38.5 Å². The lowest BCUT2D eigenvalue weighted by Gasteiger charge is -2.29. The van der Waals surface area contributed by atoms with E-state index in [2.05, 4.69) is 79.1 Å². The van der Waals surface area contributed by atoms with Crippen molar-refractivity contribution in [3.05, 3.63) is 138 Å². The molecular formula is C83H113N17O24. The van der Waals surface area contributed by atoms with Crippen LogP contribution in [0.1, 0.15) is 123 Å². The second-order valence-electron chi connectivity index (χ2n) is 31.0. The largest absolute Gasteiger partial charge is 0.508 e. The van der Waals surface area contributed by atoms with E-state index < -0.39 is 261 Å². The molecule has 124 heavy (non-hydrogen) atoms. The van der Waals surface area contributed by atoms with Crippen LogP contribution in [0.5, 0.6) is 5.75 Å². The van der Waals surface area contributed by atoms with E-state index in [0.717, 1.165) is 13.8 Å². The minimum atomic E-state index is -2.04. The van der Waals surface area contributed by atoms with Crippen molar-refractivity contribution in [3.63, 3.8) is 0 Å². The number of para-hydroxylation sites is 2. The van der Waals surface area contributed by atoms with Crippen molar-refractivity contribution in [3.8, 4) is 5.75 Å². The van der Waals surface area contributed by atoms with Crippen LogP contribution in [0.15, 0.2) is 116 Å². The molecule has 0 aliphatic carbocycles. The number of H-pyrrole nitrogens is 2. The highest BCUT2D eigenvalue weighted by atomic mass is 16.4. The quantitative estimate of drug-likeness (QED) is 0.0195. The summed E-state index contributed by atoms with van der Waals surface area (Å²) in [6, 6.07) is 4.30. The van der Waals surface area contributed by atoms with Gasteiger partial charge in [-0.25, -0.2) is 0 Å². The Labute approximate surface area is 712 Å². The topological polar surface area (TPSA) is 681 Å². The number of phenolic OH excluding ortho intramolecular Hbond substituents is 1. The number of carbonyl (C=O) groups excluding carboxylic acids is 14. The number of rotatable bonds is 49. The first-order chi connectivity index (χ1) is 58.0. The van der Waals surface area contributed by atoms with Gasteiger partial charge in [-0.1, -0.05) is 120 Å². The van der Waals surface area contributed by atoms with E-state index in [1.165, 1.54) is 37.4 Å². The number of aliphatic hydroxyl groups is 3. The van der Waals surface area contributed by atoms with Crippen molar-refractivity contribution in [1.29, 1.82) is 0 Å². The third-order valence-corrected chi connectivity index (χ3v) is 19.8. The Morgan fingerprint density at radius 2 is 0.694 bits per heavy atom. The van der Waals surface area contributed by atoms with Crippen LogP contribution in [0.25, 0.3) is 21.8 Å². The summed E-state index contributed by atoms with van der Waals surface area (Å²) < 4.78 is 0. The normalized spacial score (nSPS) is 14.9. The summed E-state index contributed by atoms with van der Waals surface area (Å²) in [6.45, 7) is 11.8. The maximum absolute atomic E-state index is 15.0. The number of amides is 14. The number of nitrogens with one attached hydrogen (secondary N) is 15. The van der Waals surface area contributed by atoms with Gasteiger partial charge in [-0.3, -0.25) is 81.5 Å². The lowest BCUT2D eigenvalue weighted by atomic mass is 9.99. The first kappa shape index (κ1) is 101. The number of benzene rings is 4. The Balaban J connectivity index is 0.0000273. The van der Waals surface area contributed by atoms with Gasteiger partial charge in [0.15, 0.2) is 0 Å². The zero-order chi connectivity index (χ0) is 91.2. The number of aliphatic carboxylic acids is 3. The number of carbonyl (C=O) groups is 17. The van der Waals surface area contributed by atoms with Crippen LogP contribution >= 0.6 is 0 Å². The average Bonchev–Trinajstić information content (AvgIpc) is 1.71. The Bertz CT molecular complexity index is 4740. The average molecular weight is 1730 g/mol. The fourth-order valence-corrected chi connectivity index (χ4v) is 13.3. The van der Waals surface area contributed by atoms with E-state index in [-0.39, 0.29) is 36.7 Å². The van der Waals surface area contributed by atoms with Gasteiger partial charge in [0.25, 0.3) is 0 Å². The van der Waals surface area contributed by atoms with Gasteiger partial charge in [-0.15, -0.1) is 0 Å². The molecule has 0 aliphatic rings. The molecule has 6 aromatic rings. The maximum atomic E-state index is 15.0. The molecule has 0 saturated carbocycles. The molecule has 674 valence electrons. The van der Waals surface area contributed by atoms with Crippen LogP contribution in [0.2, 0.25) is 0 Å². The van der Waals surface area contributed by atoms with Crippen LogP contribution in [-0.2, 0) is 107 Å². The van der Waals surface area contributed by atoms with E-state index >= 15 is 0 Å². The monoisotopic (exact) mass is 1730 g/mol. The van der Waals surface area contributed by atoms with E-state index in [1.54, 1.807) is 127 Å². The standard InChI is InChI=1S/C83H110N16O24.H3N/c1-40(2)31-57(74(114)94-62(36-66(109)110)77(117)92-61(79(119)97-67(41(3)4)71(84)111)35-49-38-86-54-22-16-14-20-52(49)54)90-75(115)58(33-47-23-25-50(104)26-24-47)91-73(113)56(28-30-65(107)108)88-72(112)55(27-29-64(105)106)89-76(116)60(34-48-37-85-53-21-15-13-19-51(48)53)93-80(120)63(39-100)96-82(122)70(44(8)102)99-78(118)59(32-46-17-11-10-12-18-46)95-81(121)68(42(5)6)98-83(123)69(43(7)101)87-45(9)103;/h10-26,37-38,40-44,55-63,67-70,85-86,100-102,104H,27-36,39H2,1-9H3,(H2,84,111)(H,87,103)(H,88,112)(H,89,116)(H,90,115)(H,91,113)(H,92,117)(H,93,120)(H,94,114)(H,95,121)(H,96,122)(H,97,119)(H,98,123)(H,99,118)(H,105,106)(H,107,108)(H,109,110);1H3. The maximum Gasteiger partial charge on any atom is 0.305 e. The molecule has 4 aromatic carbocycles. The first-order valence-corrected chi connectivity index (χ1v) is 39.8. The number of aromatic hydroxyl groups is 1. The van der Waals surface area contributed by atoms with Crippen LogP contribution in [0.4, 0.5) is 0 Å². The van der Waals surface area contributed by atoms with Crippen LogP contribution in [0, 0.1) is 17.8 Å². The number of carboxylic acids is 3. The van der Waals surface area contributed by atoms with Crippen molar-refractivity contribution in [1.82, 2.24) is 85.2 Å². The fourth-order valence-electron chi connectivity index (χ4n) is 13.3. The number of aromatic amines is 2. The predicted molar refractivity (Wildman–Crippen MR) is 447 cm³/mol. The Morgan fingerprint density at radius 1 is 0.363 bits per heavy atom. The number of hydrogen-bond donors (Lipinski definition) is 24. The Kier molecular flexibility index (Phi) is 39.4. The number of carboxylic acid groups (broad SMARTS) is 3. The molecule has 41 nitrogen and oxygen atoms in total. The third-order valence-electron chi connectivity index (χ3n) is 19.8. The number of nitrogens with two attached hydrogens (primary N) is 1. The smallest absolute Gasteiger partial charge is 0.305 e. The summed E-state index contributed by atoms with van der Waals surface area (Å²) in [5, 5.41) is 105. The summed E-state index contributed by atoms with van der Waals surface area (Å²) in [7, 11) is 0. The summed E-state index contributed by atoms with van der Waals surface area (Å²) in [4.78, 5) is 241. The third kappa shape index (κ3) is 31.2. The predicted octanol–water partition coefficient (Wildman–Crippen LogP) is -2.09. The highest BCUT2D eigenvalue weighted by molar-refractivity contribution is 6.02. The van der Waals surface area contributed by atoms with E-state index in [4.69, 9.17) is 5.73 Å². The van der Waals surface area contributed by atoms with Gasteiger partial charge >= 0.3 is 17.9 Å². The molecule has 0 saturated heterocycles. The molecule has 14 amide bonds. The van der Waals surface area contributed by atoms with Gasteiger partial charge in [-0.05, 0) is 97.4 Å². The number of aromatic nitrogens is 2. The molecule has 0 bridgehead atoms. The zero-order valence-electron chi connectivity index (χ0n) is 70.0. The molecule has 6 rings (SSSR count). The number of phenols is 1. The molecule has 0 spiro atoms. The van der Waals surface area contributed by atoms with Gasteiger partial charge in [0.1, 0.15) is 84.3 Å². The number of hydrogen-bond acceptors (Lipinski definition) is 22. The van der Waals surface area contributed by atoms with Crippen molar-refractivity contribution in [2.24, 2.45) is 23.5 Å². The summed E-state index contributed by atoms with van der Waals surface area (Å²) in [5.74, 6) is -22.0. The lowest BCUT2D eigenvalue weighted by Crippen LogP contribution is -2.63. The SMILES string of the molecule is CC(=O)NC(C(=O)NC(C(=O)NC(Cc1ccccc1)C(=O)NC(C(=O)NC(CO)C(=O)NC(Cc1c[nH]c2ccccc12)C(=O)NC(CCC(=O)O)C(=O)NC(CCC(=O)O)C(=O)NC(Cc1ccc(O)cc1)C(=O)NC(CC(C)C)C(=O)NC(CC(=O)O)C(=O)NC(Cc1c[nH]c2ccccc12)C(=O)NC(C(N)=O)C(C)C)C(C)O)C(C)C)C(C)O.N. The molecule has 27 N–H and O–H groups in total. The van der Waals surface area contributed by atoms with Crippen LogP contribution < -0.4 is 81.0 Å². The molecule has 2 heterocycles. The highest BCUT2D eigenvalue weighted by Gasteiger charge is 2.41. The molecule has 15 atom stereocenters. The molecule has 0 radical (unpaired) electrons. The van der Waals surface area contributed by atoms with Crippen molar-refractivity contribution < 1.29 is 117 Å². The molecule has 2 aromatic heterocycles. The minimum absolute atomic E-state index is 0. The van der Waals surface area contributed by atoms with Gasteiger partial charge in [0.2, 0.25) is 82.7 Å². The molecular weight excluding hydrogens is 1620 g/mol. The number of aliphatic hydroxyl groups excluding tert-OH is 3. The number of primary amides is 1. The van der Waals surface area contributed by atoms with E-state index in [1.807, 2.05) is 0 Å². The minimum Gasteiger partial charge on any atom is -0.508 e. The van der Waals surface area contributed by atoms with Gasteiger partial charge in [0.05, 0.1) is 25.2 Å². The van der Waals surface area contributed by atoms with Crippen molar-refractivity contribution in [2.45, 2.75) is 217 Å². The lowest BCUT2D eigenvalue weighted by molar-refractivity contribution is -0.142. The summed E-state index contributed by atoms with van der Waals surface area (Å²) in [6.07, 6.45) is -6.27. The van der Waals surface area contributed by atoms with Crippen molar-refractivity contribution in [2.75, 3.05) is 6.61 Å². The Morgan fingerprint density at radius 3 is 1.11 bits per heavy atom. The van der Waals surface area contributed by atoms with Gasteiger partial charge in [-0.2, -0.15) is 0 Å². The highest BCUT2D eigenvalue weighted by Crippen LogP contribution is 2.23. The molecule has 41 heteroatoms. The van der Waals surface area contributed by atoms with Gasteiger partial charge < -0.3 is 127 Å². The second-order valence-corrected chi connectivity index (χ2v) is 31.0. The fraction of sp³-hybridized carbons (Fsp3) is 0.458. The van der Waals surface area contributed by atoms with Crippen molar-refractivity contribution >= 4 is 122 Å². The summed E-state index contributed by atoms with van der Waals surface area (Å²) in [5.41, 5.74) is 8.35.